The van der Waals surface area contributed by atoms with Crippen LogP contribution in [-0.2, 0) is 9.59 Å². The highest BCUT2D eigenvalue weighted by Crippen LogP contribution is 2.30. The lowest BCUT2D eigenvalue weighted by molar-refractivity contribution is -0.122. The average molecular weight is 361 g/mol. The molecular weight excluding hydrogens is 343 g/mol. The number of carbonyl (C=O) groups is 2. The summed E-state index contributed by atoms with van der Waals surface area (Å²) in [6, 6.07) is 9.39. The smallest absolute Gasteiger partial charge is 0.229 e. The van der Waals surface area contributed by atoms with Crippen LogP contribution in [0.15, 0.2) is 36.4 Å². The van der Waals surface area contributed by atoms with E-state index in [-0.39, 0.29) is 30.6 Å². The van der Waals surface area contributed by atoms with Crippen molar-refractivity contribution in [1.29, 1.82) is 0 Å². The minimum Gasteiger partial charge on any atom is -0.324 e. The summed E-state index contributed by atoms with van der Waals surface area (Å²) in [5.41, 5.74) is 3.05. The maximum absolute atomic E-state index is 13.0. The van der Waals surface area contributed by atoms with E-state index < -0.39 is 5.92 Å². The summed E-state index contributed by atoms with van der Waals surface area (Å²) in [6.45, 7) is 4.07. The van der Waals surface area contributed by atoms with Crippen molar-refractivity contribution in [3.63, 3.8) is 0 Å². The lowest BCUT2D eigenvalue weighted by Crippen LogP contribution is -2.28. The van der Waals surface area contributed by atoms with Crippen LogP contribution in [0.1, 0.15) is 17.5 Å². The van der Waals surface area contributed by atoms with Crippen LogP contribution < -0.4 is 10.2 Å². The summed E-state index contributed by atoms with van der Waals surface area (Å²) in [6.07, 6.45) is 0.117. The van der Waals surface area contributed by atoms with E-state index in [0.29, 0.717) is 16.4 Å². The molecule has 130 valence electrons. The topological polar surface area (TPSA) is 49.4 Å². The number of hydrogen-bond acceptors (Lipinski definition) is 2. The number of carbonyl (C=O) groups excluding carboxylic acids is 2. The van der Waals surface area contributed by atoms with Crippen LogP contribution >= 0.6 is 11.6 Å². The second-order valence-electron chi connectivity index (χ2n) is 6.31. The molecular formula is C19H18ClFN2O2. The molecule has 0 saturated carbocycles. The summed E-state index contributed by atoms with van der Waals surface area (Å²) in [5, 5.41) is 3.32. The summed E-state index contributed by atoms with van der Waals surface area (Å²) < 4.78 is 13.0. The van der Waals surface area contributed by atoms with E-state index in [0.717, 1.165) is 11.1 Å². The molecule has 0 aliphatic carbocycles. The van der Waals surface area contributed by atoms with Crippen LogP contribution in [-0.4, -0.2) is 18.4 Å². The highest BCUT2D eigenvalue weighted by molar-refractivity contribution is 6.34. The Kier molecular flexibility index (Phi) is 4.77. The number of amides is 2. The standard InChI is InChI=1S/C19H18ClFN2O2/c1-11-7-12(2)18(16(20)8-11)22-19(25)13-9-17(24)23(10-13)15-5-3-14(21)4-6-15/h3-8,13H,9-10H2,1-2H3,(H,22,25). The average Bonchev–Trinajstić information content (AvgIpc) is 2.93. The molecule has 1 heterocycles. The van der Waals surface area contributed by atoms with Gasteiger partial charge in [0.25, 0.3) is 0 Å². The van der Waals surface area contributed by atoms with Crippen LogP contribution in [0.5, 0.6) is 0 Å². The maximum Gasteiger partial charge on any atom is 0.229 e. The fourth-order valence-corrected chi connectivity index (χ4v) is 3.42. The summed E-state index contributed by atoms with van der Waals surface area (Å²) in [4.78, 5) is 26.3. The molecule has 0 spiro atoms. The van der Waals surface area contributed by atoms with Crippen LogP contribution in [0.4, 0.5) is 15.8 Å². The van der Waals surface area contributed by atoms with Crippen LogP contribution in [0.25, 0.3) is 0 Å². The van der Waals surface area contributed by atoms with E-state index in [1.807, 2.05) is 19.9 Å². The third-order valence-electron chi connectivity index (χ3n) is 4.31. The lowest BCUT2D eigenvalue weighted by atomic mass is 10.1. The minimum atomic E-state index is -0.477. The molecule has 0 aromatic heterocycles. The molecule has 1 atom stereocenters. The zero-order valence-corrected chi connectivity index (χ0v) is 14.7. The first-order chi connectivity index (χ1) is 11.8. The highest BCUT2D eigenvalue weighted by atomic mass is 35.5. The third kappa shape index (κ3) is 3.66. The van der Waals surface area contributed by atoms with E-state index in [1.54, 1.807) is 6.07 Å². The second-order valence-corrected chi connectivity index (χ2v) is 6.72. The molecule has 1 N–H and O–H groups in total. The Hall–Kier alpha value is -2.40. The first-order valence-electron chi connectivity index (χ1n) is 7.98. The minimum absolute atomic E-state index is 0.117. The van der Waals surface area contributed by atoms with Gasteiger partial charge in [-0.15, -0.1) is 0 Å². The fourth-order valence-electron chi connectivity index (χ4n) is 3.05. The van der Waals surface area contributed by atoms with Gasteiger partial charge >= 0.3 is 0 Å². The number of nitrogens with zero attached hydrogens (tertiary/aromatic N) is 1. The molecule has 0 bridgehead atoms. The van der Waals surface area contributed by atoms with E-state index in [9.17, 15) is 14.0 Å². The Labute approximate surface area is 150 Å². The number of hydrogen-bond donors (Lipinski definition) is 1. The predicted molar refractivity (Wildman–Crippen MR) is 96.4 cm³/mol. The molecule has 2 aromatic carbocycles. The summed E-state index contributed by atoms with van der Waals surface area (Å²) >= 11 is 6.23. The lowest BCUT2D eigenvalue weighted by Gasteiger charge is -2.17. The molecule has 1 fully saturated rings. The Bertz CT molecular complexity index is 813. The Morgan fingerprint density at radius 1 is 1.24 bits per heavy atom. The highest BCUT2D eigenvalue weighted by Gasteiger charge is 2.35. The van der Waals surface area contributed by atoms with E-state index in [1.165, 1.54) is 29.2 Å². The first kappa shape index (κ1) is 17.4. The summed E-state index contributed by atoms with van der Waals surface area (Å²) in [5.74, 6) is -1.24. The van der Waals surface area contributed by atoms with Crippen molar-refractivity contribution in [1.82, 2.24) is 0 Å². The van der Waals surface area contributed by atoms with Gasteiger partial charge in [-0.1, -0.05) is 17.7 Å². The number of benzene rings is 2. The molecule has 3 rings (SSSR count). The predicted octanol–water partition coefficient (Wildman–Crippen LogP) is 4.09. The van der Waals surface area contributed by atoms with Gasteiger partial charge in [-0.25, -0.2) is 4.39 Å². The molecule has 2 amide bonds. The molecule has 2 aromatic rings. The Morgan fingerprint density at radius 2 is 1.92 bits per heavy atom. The van der Waals surface area contributed by atoms with Gasteiger partial charge in [0.15, 0.2) is 0 Å². The second kappa shape index (κ2) is 6.84. The Balaban J connectivity index is 1.74. The number of rotatable bonds is 3. The molecule has 4 nitrogen and oxygen atoms in total. The van der Waals surface area contributed by atoms with E-state index >= 15 is 0 Å². The van der Waals surface area contributed by atoms with Gasteiger partial charge < -0.3 is 10.2 Å². The van der Waals surface area contributed by atoms with Crippen molar-refractivity contribution in [3.05, 3.63) is 58.4 Å². The van der Waals surface area contributed by atoms with Crippen molar-refractivity contribution in [2.75, 3.05) is 16.8 Å². The molecule has 1 aliphatic heterocycles. The number of anilines is 2. The van der Waals surface area contributed by atoms with Crippen LogP contribution in [0, 0.1) is 25.6 Å². The number of nitrogens with one attached hydrogen (secondary N) is 1. The molecule has 1 unspecified atom stereocenters. The van der Waals surface area contributed by atoms with Gasteiger partial charge in [-0.2, -0.15) is 0 Å². The monoisotopic (exact) mass is 360 g/mol. The van der Waals surface area contributed by atoms with Gasteiger partial charge in [0.05, 0.1) is 16.6 Å². The van der Waals surface area contributed by atoms with Crippen molar-refractivity contribution in [2.45, 2.75) is 20.3 Å². The van der Waals surface area contributed by atoms with Gasteiger partial charge in [-0.05, 0) is 55.3 Å². The fraction of sp³-hybridized carbons (Fsp3) is 0.263. The van der Waals surface area contributed by atoms with Crippen molar-refractivity contribution >= 4 is 34.8 Å². The quantitative estimate of drug-likeness (QED) is 0.896. The van der Waals surface area contributed by atoms with E-state index in [2.05, 4.69) is 5.32 Å². The van der Waals surface area contributed by atoms with Gasteiger partial charge in [0.2, 0.25) is 11.8 Å². The molecule has 1 saturated heterocycles. The van der Waals surface area contributed by atoms with Gasteiger partial charge in [0, 0.05) is 18.7 Å². The normalized spacial score (nSPS) is 17.0. The van der Waals surface area contributed by atoms with Crippen molar-refractivity contribution < 1.29 is 14.0 Å². The zero-order valence-electron chi connectivity index (χ0n) is 14.0. The zero-order chi connectivity index (χ0) is 18.1. The number of aryl methyl sites for hydroxylation is 2. The van der Waals surface area contributed by atoms with Crippen LogP contribution in [0.3, 0.4) is 0 Å². The van der Waals surface area contributed by atoms with Crippen molar-refractivity contribution in [2.24, 2.45) is 5.92 Å². The first-order valence-corrected chi connectivity index (χ1v) is 8.36. The van der Waals surface area contributed by atoms with Gasteiger partial charge in [-0.3, -0.25) is 9.59 Å². The molecule has 6 heteroatoms. The molecule has 0 radical (unpaired) electrons. The van der Waals surface area contributed by atoms with Gasteiger partial charge in [0.1, 0.15) is 5.82 Å². The maximum atomic E-state index is 13.0. The van der Waals surface area contributed by atoms with E-state index in [4.69, 9.17) is 11.6 Å². The largest absolute Gasteiger partial charge is 0.324 e. The van der Waals surface area contributed by atoms with Crippen LogP contribution in [0.2, 0.25) is 5.02 Å². The SMILES string of the molecule is Cc1cc(C)c(NC(=O)C2CC(=O)N(c3ccc(F)cc3)C2)c(Cl)c1. The molecule has 25 heavy (non-hydrogen) atoms. The number of halogens is 2. The Morgan fingerprint density at radius 3 is 2.56 bits per heavy atom. The summed E-state index contributed by atoms with van der Waals surface area (Å²) in [7, 11) is 0. The van der Waals surface area contributed by atoms with Crippen molar-refractivity contribution in [3.8, 4) is 0 Å². The third-order valence-corrected chi connectivity index (χ3v) is 4.61. The molecule has 1 aliphatic rings.